The maximum Gasteiger partial charge on any atom is 0.153 e. The van der Waals surface area contributed by atoms with Crippen LogP contribution in [0.1, 0.15) is 23.8 Å². The molecule has 0 fully saturated rings. The molecule has 1 aromatic carbocycles. The molecule has 1 unspecified atom stereocenters. The van der Waals surface area contributed by atoms with E-state index in [1.807, 2.05) is 6.07 Å². The van der Waals surface area contributed by atoms with Gasteiger partial charge in [0.15, 0.2) is 5.76 Å². The van der Waals surface area contributed by atoms with Crippen LogP contribution in [0.5, 0.6) is 0 Å². The number of nitriles is 1. The van der Waals surface area contributed by atoms with E-state index in [-0.39, 0.29) is 0 Å². The lowest BCUT2D eigenvalue weighted by Gasteiger charge is -2.21. The Morgan fingerprint density at radius 1 is 1.29 bits per heavy atom. The van der Waals surface area contributed by atoms with Gasteiger partial charge in [-0.3, -0.25) is 0 Å². The number of furan rings is 1. The van der Waals surface area contributed by atoms with E-state index in [1.54, 1.807) is 37.3 Å². The third-order valence-corrected chi connectivity index (χ3v) is 3.26. The molecule has 2 aromatic rings. The topological polar surface area (TPSA) is 57.2 Å². The first kappa shape index (κ1) is 11.9. The van der Waals surface area contributed by atoms with Crippen LogP contribution in [0.2, 0.25) is 0 Å². The fraction of sp³-hybridized carbons (Fsp3) is 0.154. The van der Waals surface area contributed by atoms with Gasteiger partial charge in [-0.05, 0) is 46.6 Å². The van der Waals surface area contributed by atoms with E-state index in [4.69, 9.17) is 9.68 Å². The number of rotatable bonds is 2. The second-order valence-electron chi connectivity index (χ2n) is 3.86. The van der Waals surface area contributed by atoms with E-state index in [0.29, 0.717) is 21.4 Å². The van der Waals surface area contributed by atoms with Gasteiger partial charge in [0.2, 0.25) is 0 Å². The Balaban J connectivity index is 2.45. The minimum atomic E-state index is -1.23. The van der Waals surface area contributed by atoms with Crippen molar-refractivity contribution in [1.82, 2.24) is 0 Å². The van der Waals surface area contributed by atoms with Gasteiger partial charge in [0.05, 0.1) is 22.4 Å². The molecule has 0 aliphatic rings. The Morgan fingerprint density at radius 3 is 2.41 bits per heavy atom. The monoisotopic (exact) mass is 291 g/mol. The van der Waals surface area contributed by atoms with Crippen molar-refractivity contribution in [2.45, 2.75) is 12.5 Å². The minimum Gasteiger partial charge on any atom is -0.465 e. The molecule has 1 heterocycles. The lowest BCUT2D eigenvalue weighted by Crippen LogP contribution is -2.22. The van der Waals surface area contributed by atoms with Crippen molar-refractivity contribution in [3.63, 3.8) is 0 Å². The van der Waals surface area contributed by atoms with Gasteiger partial charge in [0.25, 0.3) is 0 Å². The molecule has 1 atom stereocenters. The second-order valence-corrected chi connectivity index (χ2v) is 4.71. The maximum atomic E-state index is 10.5. The Labute approximate surface area is 107 Å². The van der Waals surface area contributed by atoms with E-state index >= 15 is 0 Å². The molecule has 0 bridgehead atoms. The van der Waals surface area contributed by atoms with E-state index in [2.05, 4.69) is 15.9 Å². The Morgan fingerprint density at radius 2 is 1.94 bits per heavy atom. The van der Waals surface area contributed by atoms with Crippen LogP contribution in [0, 0.1) is 11.3 Å². The van der Waals surface area contributed by atoms with Crippen molar-refractivity contribution >= 4 is 15.9 Å². The molecule has 0 saturated carbocycles. The Hall–Kier alpha value is -1.57. The molecule has 1 N–H and O–H groups in total. The smallest absolute Gasteiger partial charge is 0.153 e. The van der Waals surface area contributed by atoms with E-state index in [9.17, 15) is 5.11 Å². The molecule has 86 valence electrons. The standard InChI is InChI=1S/C13H10BrNO2/c1-13(16,12-11(14)6-7-17-12)10-4-2-9(8-15)3-5-10/h2-7,16H,1H3. The third kappa shape index (κ3) is 2.12. The summed E-state index contributed by atoms with van der Waals surface area (Å²) in [7, 11) is 0. The van der Waals surface area contributed by atoms with Gasteiger partial charge in [0.1, 0.15) is 5.60 Å². The molecule has 0 aliphatic heterocycles. The highest BCUT2D eigenvalue weighted by molar-refractivity contribution is 9.10. The third-order valence-electron chi connectivity index (χ3n) is 2.64. The SMILES string of the molecule is CC(O)(c1ccc(C#N)cc1)c1occc1Br. The van der Waals surface area contributed by atoms with E-state index < -0.39 is 5.60 Å². The minimum absolute atomic E-state index is 0.446. The van der Waals surface area contributed by atoms with Crippen LogP contribution in [0.15, 0.2) is 45.5 Å². The summed E-state index contributed by atoms with van der Waals surface area (Å²) in [6.07, 6.45) is 1.51. The maximum absolute atomic E-state index is 10.5. The number of aliphatic hydroxyl groups is 1. The van der Waals surface area contributed by atoms with Gasteiger partial charge >= 0.3 is 0 Å². The van der Waals surface area contributed by atoms with Gasteiger partial charge in [0, 0.05) is 0 Å². The van der Waals surface area contributed by atoms with Gasteiger partial charge < -0.3 is 9.52 Å². The Bertz CT molecular complexity index is 564. The van der Waals surface area contributed by atoms with Crippen LogP contribution in [-0.4, -0.2) is 5.11 Å². The van der Waals surface area contributed by atoms with Crippen LogP contribution in [0.3, 0.4) is 0 Å². The van der Waals surface area contributed by atoms with Crippen molar-refractivity contribution in [1.29, 1.82) is 5.26 Å². The molecule has 3 nitrogen and oxygen atoms in total. The van der Waals surface area contributed by atoms with Gasteiger partial charge in [-0.25, -0.2) is 0 Å². The average Bonchev–Trinajstić information content (AvgIpc) is 2.76. The summed E-state index contributed by atoms with van der Waals surface area (Å²) < 4.78 is 5.99. The van der Waals surface area contributed by atoms with Crippen molar-refractivity contribution < 1.29 is 9.52 Å². The molecule has 0 amide bonds. The van der Waals surface area contributed by atoms with Crippen LogP contribution < -0.4 is 0 Å². The molecular weight excluding hydrogens is 282 g/mol. The van der Waals surface area contributed by atoms with Crippen LogP contribution >= 0.6 is 15.9 Å². The molecule has 0 aliphatic carbocycles. The number of nitrogens with zero attached hydrogens (tertiary/aromatic N) is 1. The lowest BCUT2D eigenvalue weighted by molar-refractivity contribution is 0.0758. The zero-order valence-electron chi connectivity index (χ0n) is 9.14. The van der Waals surface area contributed by atoms with Gasteiger partial charge in [-0.1, -0.05) is 12.1 Å². The van der Waals surface area contributed by atoms with Crippen LogP contribution in [0.25, 0.3) is 0 Å². The quantitative estimate of drug-likeness (QED) is 0.925. The fourth-order valence-corrected chi connectivity index (χ4v) is 2.23. The highest BCUT2D eigenvalue weighted by atomic mass is 79.9. The molecule has 17 heavy (non-hydrogen) atoms. The highest BCUT2D eigenvalue weighted by Crippen LogP contribution is 2.34. The van der Waals surface area contributed by atoms with Crippen LogP contribution in [0.4, 0.5) is 0 Å². The number of hydrogen-bond donors (Lipinski definition) is 1. The summed E-state index contributed by atoms with van der Waals surface area (Å²) in [6, 6.07) is 10.5. The summed E-state index contributed by atoms with van der Waals surface area (Å²) in [4.78, 5) is 0. The molecule has 0 saturated heterocycles. The molecule has 2 rings (SSSR count). The van der Waals surface area contributed by atoms with Crippen LogP contribution in [-0.2, 0) is 5.60 Å². The number of benzene rings is 1. The number of halogens is 1. The predicted octanol–water partition coefficient (Wildman–Crippen LogP) is 3.17. The molecule has 0 spiro atoms. The zero-order chi connectivity index (χ0) is 12.5. The summed E-state index contributed by atoms with van der Waals surface area (Å²) >= 11 is 3.32. The first-order chi connectivity index (χ1) is 8.05. The molecular formula is C13H10BrNO2. The summed E-state index contributed by atoms with van der Waals surface area (Å²) in [5, 5.41) is 19.2. The lowest BCUT2D eigenvalue weighted by atomic mass is 9.93. The first-order valence-electron chi connectivity index (χ1n) is 5.02. The second kappa shape index (κ2) is 4.36. The molecule has 1 aromatic heterocycles. The van der Waals surface area contributed by atoms with Crippen molar-refractivity contribution in [2.24, 2.45) is 0 Å². The molecule has 4 heteroatoms. The normalized spacial score (nSPS) is 14.0. The van der Waals surface area contributed by atoms with Gasteiger partial charge in [-0.15, -0.1) is 0 Å². The first-order valence-corrected chi connectivity index (χ1v) is 5.81. The molecule has 0 radical (unpaired) electrons. The zero-order valence-corrected chi connectivity index (χ0v) is 10.7. The number of hydrogen-bond acceptors (Lipinski definition) is 3. The average molecular weight is 292 g/mol. The van der Waals surface area contributed by atoms with Crippen molar-refractivity contribution in [2.75, 3.05) is 0 Å². The Kier molecular flexibility index (Phi) is 3.05. The van der Waals surface area contributed by atoms with Gasteiger partial charge in [-0.2, -0.15) is 5.26 Å². The largest absolute Gasteiger partial charge is 0.465 e. The predicted molar refractivity (Wildman–Crippen MR) is 66.2 cm³/mol. The summed E-state index contributed by atoms with van der Waals surface area (Å²) in [5.41, 5.74) is 0.00580. The van der Waals surface area contributed by atoms with E-state index in [1.165, 1.54) is 6.26 Å². The van der Waals surface area contributed by atoms with E-state index in [0.717, 1.165) is 0 Å². The summed E-state index contributed by atoms with van der Waals surface area (Å²) in [6.45, 7) is 1.65. The fourth-order valence-electron chi connectivity index (χ4n) is 1.64. The summed E-state index contributed by atoms with van der Waals surface area (Å²) in [5.74, 6) is 0.446. The van der Waals surface area contributed by atoms with Crippen molar-refractivity contribution in [3.8, 4) is 6.07 Å². The highest BCUT2D eigenvalue weighted by Gasteiger charge is 2.31. The van der Waals surface area contributed by atoms with Crippen molar-refractivity contribution in [3.05, 3.63) is 58.0 Å².